The zero-order valence-electron chi connectivity index (χ0n) is 12.7. The SMILES string of the molecule is COc1ccc(NC(=O)Cc2ccc3ccccc3c2)cc1F. The highest BCUT2D eigenvalue weighted by Crippen LogP contribution is 2.21. The first kappa shape index (κ1) is 15.0. The second kappa shape index (κ2) is 6.48. The Morgan fingerprint density at radius 2 is 1.83 bits per heavy atom. The van der Waals surface area contributed by atoms with E-state index < -0.39 is 5.82 Å². The molecule has 0 bridgehead atoms. The van der Waals surface area contributed by atoms with Crippen molar-refractivity contribution in [2.45, 2.75) is 6.42 Å². The lowest BCUT2D eigenvalue weighted by atomic mass is 10.0. The van der Waals surface area contributed by atoms with E-state index >= 15 is 0 Å². The Labute approximate surface area is 133 Å². The minimum atomic E-state index is -0.504. The number of benzene rings is 3. The van der Waals surface area contributed by atoms with Crippen molar-refractivity contribution in [3.8, 4) is 5.75 Å². The van der Waals surface area contributed by atoms with E-state index in [9.17, 15) is 9.18 Å². The predicted octanol–water partition coefficient (Wildman–Crippen LogP) is 4.17. The van der Waals surface area contributed by atoms with Crippen molar-refractivity contribution in [2.24, 2.45) is 0 Å². The molecule has 0 aromatic heterocycles. The van der Waals surface area contributed by atoms with Crippen LogP contribution in [0.25, 0.3) is 10.8 Å². The summed E-state index contributed by atoms with van der Waals surface area (Å²) in [5.74, 6) is -0.543. The number of anilines is 1. The molecule has 3 aromatic rings. The number of fused-ring (bicyclic) bond motifs is 1. The Bertz CT molecular complexity index is 861. The summed E-state index contributed by atoms with van der Waals surface area (Å²) in [5.41, 5.74) is 1.32. The zero-order valence-corrected chi connectivity index (χ0v) is 12.7. The van der Waals surface area contributed by atoms with Gasteiger partial charge in [-0.2, -0.15) is 0 Å². The van der Waals surface area contributed by atoms with Crippen LogP contribution in [0, 0.1) is 5.82 Å². The van der Waals surface area contributed by atoms with Gasteiger partial charge in [0.1, 0.15) is 0 Å². The number of nitrogens with one attached hydrogen (secondary N) is 1. The van der Waals surface area contributed by atoms with Crippen LogP contribution in [-0.2, 0) is 11.2 Å². The van der Waals surface area contributed by atoms with E-state index in [0.29, 0.717) is 5.69 Å². The van der Waals surface area contributed by atoms with Gasteiger partial charge in [-0.1, -0.05) is 42.5 Å². The van der Waals surface area contributed by atoms with Crippen LogP contribution in [0.3, 0.4) is 0 Å². The maximum absolute atomic E-state index is 13.6. The number of hydrogen-bond donors (Lipinski definition) is 1. The average molecular weight is 309 g/mol. The number of amides is 1. The second-order valence-electron chi connectivity index (χ2n) is 5.26. The second-order valence-corrected chi connectivity index (χ2v) is 5.26. The standard InChI is InChI=1S/C19H16FNO2/c1-23-18-9-8-16(12-17(18)20)21-19(22)11-13-6-7-14-4-2-3-5-15(14)10-13/h2-10,12H,11H2,1H3,(H,21,22). The molecule has 23 heavy (non-hydrogen) atoms. The number of hydrogen-bond acceptors (Lipinski definition) is 2. The minimum Gasteiger partial charge on any atom is -0.494 e. The smallest absolute Gasteiger partial charge is 0.228 e. The molecular formula is C19H16FNO2. The number of ether oxygens (including phenoxy) is 1. The highest BCUT2D eigenvalue weighted by molar-refractivity contribution is 5.93. The van der Waals surface area contributed by atoms with Crippen molar-refractivity contribution < 1.29 is 13.9 Å². The van der Waals surface area contributed by atoms with Crippen molar-refractivity contribution in [3.05, 3.63) is 72.0 Å². The zero-order chi connectivity index (χ0) is 16.2. The highest BCUT2D eigenvalue weighted by Gasteiger charge is 2.08. The van der Waals surface area contributed by atoms with Gasteiger partial charge >= 0.3 is 0 Å². The molecule has 0 spiro atoms. The molecule has 0 heterocycles. The fourth-order valence-corrected chi connectivity index (χ4v) is 2.48. The van der Waals surface area contributed by atoms with Gasteiger partial charge in [0, 0.05) is 11.8 Å². The van der Waals surface area contributed by atoms with Crippen molar-refractivity contribution in [1.82, 2.24) is 0 Å². The van der Waals surface area contributed by atoms with Gasteiger partial charge < -0.3 is 10.1 Å². The van der Waals surface area contributed by atoms with Gasteiger partial charge in [-0.3, -0.25) is 4.79 Å². The van der Waals surface area contributed by atoms with E-state index in [0.717, 1.165) is 16.3 Å². The molecule has 0 fully saturated rings. The number of rotatable bonds is 4. The molecule has 0 saturated heterocycles. The number of methoxy groups -OCH3 is 1. The molecule has 0 radical (unpaired) electrons. The van der Waals surface area contributed by atoms with Gasteiger partial charge in [-0.25, -0.2) is 4.39 Å². The first-order valence-corrected chi connectivity index (χ1v) is 7.27. The largest absolute Gasteiger partial charge is 0.494 e. The molecule has 4 heteroatoms. The Hall–Kier alpha value is -2.88. The van der Waals surface area contributed by atoms with Crippen LogP contribution in [0.1, 0.15) is 5.56 Å². The van der Waals surface area contributed by atoms with Crippen molar-refractivity contribution >= 4 is 22.4 Å². The first-order chi connectivity index (χ1) is 11.2. The summed E-state index contributed by atoms with van der Waals surface area (Å²) >= 11 is 0. The molecule has 0 unspecified atom stereocenters. The Balaban J connectivity index is 1.71. The molecule has 116 valence electrons. The van der Waals surface area contributed by atoms with E-state index in [1.54, 1.807) is 6.07 Å². The summed E-state index contributed by atoms with van der Waals surface area (Å²) in [6.45, 7) is 0. The molecule has 3 rings (SSSR count). The lowest BCUT2D eigenvalue weighted by Crippen LogP contribution is -2.14. The van der Waals surface area contributed by atoms with E-state index in [4.69, 9.17) is 4.74 Å². The molecule has 0 aliphatic carbocycles. The topological polar surface area (TPSA) is 38.3 Å². The lowest BCUT2D eigenvalue weighted by Gasteiger charge is -2.08. The van der Waals surface area contributed by atoms with Gasteiger partial charge in [-0.05, 0) is 28.5 Å². The molecule has 0 atom stereocenters. The number of carbonyl (C=O) groups is 1. The normalized spacial score (nSPS) is 10.5. The van der Waals surface area contributed by atoms with Crippen LogP contribution < -0.4 is 10.1 Å². The molecule has 1 amide bonds. The van der Waals surface area contributed by atoms with E-state index in [-0.39, 0.29) is 18.1 Å². The third-order valence-corrected chi connectivity index (χ3v) is 3.61. The predicted molar refractivity (Wildman–Crippen MR) is 89.2 cm³/mol. The summed E-state index contributed by atoms with van der Waals surface area (Å²) in [6.07, 6.45) is 0.235. The Morgan fingerprint density at radius 3 is 2.57 bits per heavy atom. The van der Waals surface area contributed by atoms with E-state index in [1.807, 2.05) is 42.5 Å². The molecular weight excluding hydrogens is 293 g/mol. The van der Waals surface area contributed by atoms with Gasteiger partial charge in [-0.15, -0.1) is 0 Å². The Kier molecular flexibility index (Phi) is 4.24. The van der Waals surface area contributed by atoms with Gasteiger partial charge in [0.2, 0.25) is 5.91 Å². The van der Waals surface area contributed by atoms with Gasteiger partial charge in [0.15, 0.2) is 11.6 Å². The summed E-state index contributed by atoms with van der Waals surface area (Å²) < 4.78 is 18.5. The number of halogens is 1. The third-order valence-electron chi connectivity index (χ3n) is 3.61. The van der Waals surface area contributed by atoms with Gasteiger partial charge in [0.25, 0.3) is 0 Å². The molecule has 1 N–H and O–H groups in total. The van der Waals surface area contributed by atoms with E-state index in [2.05, 4.69) is 5.32 Å². The maximum Gasteiger partial charge on any atom is 0.228 e. The van der Waals surface area contributed by atoms with Crippen LogP contribution in [0.15, 0.2) is 60.7 Å². The van der Waals surface area contributed by atoms with Crippen molar-refractivity contribution in [2.75, 3.05) is 12.4 Å². The van der Waals surface area contributed by atoms with Crippen LogP contribution in [0.2, 0.25) is 0 Å². The fourth-order valence-electron chi connectivity index (χ4n) is 2.48. The van der Waals surface area contributed by atoms with Crippen LogP contribution in [0.4, 0.5) is 10.1 Å². The summed E-state index contributed by atoms with van der Waals surface area (Å²) in [5, 5.41) is 4.92. The first-order valence-electron chi connectivity index (χ1n) is 7.27. The summed E-state index contributed by atoms with van der Waals surface area (Å²) in [4.78, 5) is 12.1. The molecule has 0 saturated carbocycles. The quantitative estimate of drug-likeness (QED) is 0.785. The maximum atomic E-state index is 13.6. The lowest BCUT2D eigenvalue weighted by molar-refractivity contribution is -0.115. The summed E-state index contributed by atoms with van der Waals surface area (Å²) in [7, 11) is 1.40. The fraction of sp³-hybridized carbons (Fsp3) is 0.105. The molecule has 3 nitrogen and oxygen atoms in total. The van der Waals surface area contributed by atoms with Crippen LogP contribution in [-0.4, -0.2) is 13.0 Å². The average Bonchev–Trinajstić information content (AvgIpc) is 2.55. The monoisotopic (exact) mass is 309 g/mol. The van der Waals surface area contributed by atoms with Crippen molar-refractivity contribution in [3.63, 3.8) is 0 Å². The minimum absolute atomic E-state index is 0.150. The highest BCUT2D eigenvalue weighted by atomic mass is 19.1. The van der Waals surface area contributed by atoms with Crippen LogP contribution >= 0.6 is 0 Å². The van der Waals surface area contributed by atoms with E-state index in [1.165, 1.54) is 19.2 Å². The molecule has 0 aliphatic heterocycles. The molecule has 3 aromatic carbocycles. The summed E-state index contributed by atoms with van der Waals surface area (Å²) in [6, 6.07) is 18.2. The third kappa shape index (κ3) is 3.48. The number of carbonyl (C=O) groups excluding carboxylic acids is 1. The van der Waals surface area contributed by atoms with Crippen molar-refractivity contribution in [1.29, 1.82) is 0 Å². The molecule has 0 aliphatic rings. The van der Waals surface area contributed by atoms with Crippen LogP contribution in [0.5, 0.6) is 5.75 Å². The Morgan fingerprint density at radius 1 is 1.04 bits per heavy atom. The van der Waals surface area contributed by atoms with Gasteiger partial charge in [0.05, 0.1) is 13.5 Å².